The molecule has 6 nitrogen and oxygen atoms in total. The zero-order chi connectivity index (χ0) is 17.7. The van der Waals surface area contributed by atoms with E-state index < -0.39 is 15.8 Å². The van der Waals surface area contributed by atoms with Crippen molar-refractivity contribution in [2.24, 2.45) is 0 Å². The first-order valence-corrected chi connectivity index (χ1v) is 10.9. The third-order valence-corrected chi connectivity index (χ3v) is 6.94. The largest absolute Gasteiger partial charge is 0.455 e. The minimum atomic E-state index is -3.06. The molecule has 0 N–H and O–H groups in total. The lowest BCUT2D eigenvalue weighted by Gasteiger charge is -2.23. The lowest BCUT2D eigenvalue weighted by atomic mass is 10.2. The SMILES string of the molecule is CN(C(=O)COC(=O)CSc1ccc(Br)cc1)C1CCS(=O)(=O)C1. The van der Waals surface area contributed by atoms with Gasteiger partial charge in [-0.05, 0) is 30.7 Å². The van der Waals surface area contributed by atoms with E-state index in [0.29, 0.717) is 6.42 Å². The number of hydrogen-bond donors (Lipinski definition) is 0. The smallest absolute Gasteiger partial charge is 0.316 e. The van der Waals surface area contributed by atoms with Crippen LogP contribution in [0.4, 0.5) is 0 Å². The maximum atomic E-state index is 12.0. The van der Waals surface area contributed by atoms with Gasteiger partial charge in [0.25, 0.3) is 5.91 Å². The van der Waals surface area contributed by atoms with Crippen molar-refractivity contribution in [3.05, 3.63) is 28.7 Å². The van der Waals surface area contributed by atoms with E-state index in [-0.39, 0.29) is 35.8 Å². The van der Waals surface area contributed by atoms with E-state index in [1.165, 1.54) is 23.7 Å². The van der Waals surface area contributed by atoms with Crippen LogP contribution in [-0.2, 0) is 24.2 Å². The number of likely N-dealkylation sites (N-methyl/N-ethyl adjacent to an activating group) is 1. The number of halogens is 1. The van der Waals surface area contributed by atoms with Gasteiger partial charge in [0, 0.05) is 22.5 Å². The predicted molar refractivity (Wildman–Crippen MR) is 95.7 cm³/mol. The maximum absolute atomic E-state index is 12.0. The molecule has 1 aliphatic rings. The van der Waals surface area contributed by atoms with Crippen molar-refractivity contribution in [1.82, 2.24) is 4.90 Å². The molecule has 0 aliphatic carbocycles. The molecular formula is C15H18BrNO5S2. The number of carbonyl (C=O) groups is 2. The summed E-state index contributed by atoms with van der Waals surface area (Å²) in [6.07, 6.45) is 0.429. The molecule has 0 aromatic heterocycles. The van der Waals surface area contributed by atoms with Crippen LogP contribution >= 0.6 is 27.7 Å². The van der Waals surface area contributed by atoms with Gasteiger partial charge in [0.05, 0.1) is 17.3 Å². The summed E-state index contributed by atoms with van der Waals surface area (Å²) in [7, 11) is -1.52. The van der Waals surface area contributed by atoms with Crippen LogP contribution in [0.2, 0.25) is 0 Å². The van der Waals surface area contributed by atoms with Gasteiger partial charge in [-0.3, -0.25) is 9.59 Å². The third-order valence-electron chi connectivity index (χ3n) is 3.68. The summed E-state index contributed by atoms with van der Waals surface area (Å²) in [6.45, 7) is -0.368. The number of esters is 1. The van der Waals surface area contributed by atoms with Crippen LogP contribution in [0.1, 0.15) is 6.42 Å². The zero-order valence-electron chi connectivity index (χ0n) is 13.1. The maximum Gasteiger partial charge on any atom is 0.316 e. The second kappa shape index (κ2) is 8.35. The summed E-state index contributed by atoms with van der Waals surface area (Å²) in [4.78, 5) is 26.0. The average Bonchev–Trinajstić information content (AvgIpc) is 2.91. The molecule has 1 saturated heterocycles. The van der Waals surface area contributed by atoms with Crippen LogP contribution in [0.3, 0.4) is 0 Å². The normalized spacial score (nSPS) is 19.0. The van der Waals surface area contributed by atoms with Gasteiger partial charge < -0.3 is 9.64 Å². The van der Waals surface area contributed by atoms with Crippen molar-refractivity contribution < 1.29 is 22.7 Å². The molecule has 0 spiro atoms. The van der Waals surface area contributed by atoms with Gasteiger partial charge in [-0.1, -0.05) is 15.9 Å². The predicted octanol–water partition coefficient (Wildman–Crippen LogP) is 1.73. The van der Waals surface area contributed by atoms with Crippen molar-refractivity contribution >= 4 is 49.4 Å². The summed E-state index contributed by atoms with van der Waals surface area (Å²) < 4.78 is 28.8. The standard InChI is InChI=1S/C15H18BrNO5S2/c1-17(12-6-7-24(20,21)10-12)14(18)8-22-15(19)9-23-13-4-2-11(16)3-5-13/h2-5,12H,6-10H2,1H3. The molecule has 2 rings (SSSR count). The van der Waals surface area contributed by atoms with Gasteiger partial charge in [-0.25, -0.2) is 8.42 Å². The second-order valence-electron chi connectivity index (χ2n) is 5.46. The quantitative estimate of drug-likeness (QED) is 0.499. The fourth-order valence-corrected chi connectivity index (χ4v) is 4.98. The summed E-state index contributed by atoms with van der Waals surface area (Å²) in [6, 6.07) is 7.17. The molecule has 1 unspecified atom stereocenters. The molecule has 1 aromatic carbocycles. The summed E-state index contributed by atoms with van der Waals surface area (Å²) in [5.74, 6) is -0.694. The molecule has 1 atom stereocenters. The number of carbonyl (C=O) groups excluding carboxylic acids is 2. The fraction of sp³-hybridized carbons (Fsp3) is 0.467. The monoisotopic (exact) mass is 435 g/mol. The molecule has 0 saturated carbocycles. The molecule has 0 bridgehead atoms. The van der Waals surface area contributed by atoms with E-state index in [4.69, 9.17) is 4.74 Å². The Morgan fingerprint density at radius 1 is 1.33 bits per heavy atom. The first-order valence-electron chi connectivity index (χ1n) is 7.27. The first-order chi connectivity index (χ1) is 11.3. The number of nitrogens with zero attached hydrogens (tertiary/aromatic N) is 1. The lowest BCUT2D eigenvalue weighted by molar-refractivity contribution is -0.150. The molecule has 1 aromatic rings. The Hall–Kier alpha value is -1.06. The summed E-state index contributed by atoms with van der Waals surface area (Å²) >= 11 is 4.66. The molecule has 9 heteroatoms. The molecule has 1 heterocycles. The van der Waals surface area contributed by atoms with E-state index in [2.05, 4.69) is 15.9 Å². The Bertz CT molecular complexity index is 705. The van der Waals surface area contributed by atoms with Gasteiger partial charge in [-0.2, -0.15) is 0 Å². The van der Waals surface area contributed by atoms with Gasteiger partial charge in [0.15, 0.2) is 16.4 Å². The van der Waals surface area contributed by atoms with Crippen LogP contribution in [0.25, 0.3) is 0 Å². The van der Waals surface area contributed by atoms with E-state index in [1.807, 2.05) is 24.3 Å². The lowest BCUT2D eigenvalue weighted by Crippen LogP contribution is -2.40. The summed E-state index contributed by atoms with van der Waals surface area (Å²) in [5.41, 5.74) is 0. The molecule has 1 amide bonds. The van der Waals surface area contributed by atoms with Crippen molar-refractivity contribution in [3.8, 4) is 0 Å². The third kappa shape index (κ3) is 5.78. The number of rotatable bonds is 6. The highest BCUT2D eigenvalue weighted by atomic mass is 79.9. The van der Waals surface area contributed by atoms with Crippen LogP contribution < -0.4 is 0 Å². The minimum absolute atomic E-state index is 0.0252. The summed E-state index contributed by atoms with van der Waals surface area (Å²) in [5, 5.41) is 0. The molecule has 24 heavy (non-hydrogen) atoms. The Balaban J connectivity index is 1.72. The average molecular weight is 436 g/mol. The van der Waals surface area contributed by atoms with Gasteiger partial charge in [0.1, 0.15) is 0 Å². The first kappa shape index (κ1) is 19.3. The van der Waals surface area contributed by atoms with Gasteiger partial charge in [0.2, 0.25) is 0 Å². The minimum Gasteiger partial charge on any atom is -0.455 e. The number of amides is 1. The Morgan fingerprint density at radius 3 is 2.58 bits per heavy atom. The molecular weight excluding hydrogens is 418 g/mol. The zero-order valence-corrected chi connectivity index (χ0v) is 16.3. The Morgan fingerprint density at radius 2 is 2.00 bits per heavy atom. The van der Waals surface area contributed by atoms with E-state index >= 15 is 0 Å². The Kier molecular flexibility index (Phi) is 6.70. The van der Waals surface area contributed by atoms with Crippen LogP contribution in [-0.4, -0.2) is 62.1 Å². The van der Waals surface area contributed by atoms with Crippen molar-refractivity contribution in [2.45, 2.75) is 17.4 Å². The van der Waals surface area contributed by atoms with Crippen LogP contribution in [0, 0.1) is 0 Å². The fourth-order valence-electron chi connectivity index (χ4n) is 2.24. The van der Waals surface area contributed by atoms with E-state index in [1.54, 1.807) is 0 Å². The highest BCUT2D eigenvalue weighted by Crippen LogP contribution is 2.21. The number of thioether (sulfide) groups is 1. The second-order valence-corrected chi connectivity index (χ2v) is 9.66. The van der Waals surface area contributed by atoms with Crippen LogP contribution in [0.5, 0.6) is 0 Å². The number of ether oxygens (including phenoxy) is 1. The van der Waals surface area contributed by atoms with Crippen molar-refractivity contribution in [1.29, 1.82) is 0 Å². The van der Waals surface area contributed by atoms with Gasteiger partial charge in [-0.15, -0.1) is 11.8 Å². The topological polar surface area (TPSA) is 80.8 Å². The number of sulfone groups is 1. The van der Waals surface area contributed by atoms with Crippen molar-refractivity contribution in [3.63, 3.8) is 0 Å². The van der Waals surface area contributed by atoms with Gasteiger partial charge >= 0.3 is 5.97 Å². The molecule has 132 valence electrons. The van der Waals surface area contributed by atoms with Crippen molar-refractivity contribution in [2.75, 3.05) is 30.9 Å². The molecule has 0 radical (unpaired) electrons. The molecule has 1 aliphatic heterocycles. The molecule has 1 fully saturated rings. The number of benzene rings is 1. The van der Waals surface area contributed by atoms with E-state index in [9.17, 15) is 18.0 Å². The Labute approximate surface area is 154 Å². The van der Waals surface area contributed by atoms with Crippen LogP contribution in [0.15, 0.2) is 33.6 Å². The van der Waals surface area contributed by atoms with E-state index in [0.717, 1.165) is 9.37 Å². The highest BCUT2D eigenvalue weighted by Gasteiger charge is 2.32. The highest BCUT2D eigenvalue weighted by molar-refractivity contribution is 9.10. The number of hydrogen-bond acceptors (Lipinski definition) is 6.